The van der Waals surface area contributed by atoms with Gasteiger partial charge in [0, 0.05) is 18.7 Å². The fourth-order valence-corrected chi connectivity index (χ4v) is 2.27. The van der Waals surface area contributed by atoms with Crippen LogP contribution in [0.4, 0.5) is 4.79 Å². The average molecular weight is 339 g/mol. The van der Waals surface area contributed by atoms with Crippen molar-refractivity contribution in [3.63, 3.8) is 0 Å². The van der Waals surface area contributed by atoms with Crippen LogP contribution in [0.2, 0.25) is 0 Å². The van der Waals surface area contributed by atoms with Crippen LogP contribution < -0.4 is 5.32 Å². The lowest BCUT2D eigenvalue weighted by atomic mass is 10.2. The first-order valence-corrected chi connectivity index (χ1v) is 8.10. The number of carbonyl (C=O) groups excluding carboxylic acids is 2. The molecule has 134 valence electrons. The SMILES string of the molecule is CC(C)(C)OC(=O)N1CCO[C@@H](C(=O)NCCCc2cnoc2)C1. The monoisotopic (exact) mass is 339 g/mol. The largest absolute Gasteiger partial charge is 0.444 e. The number of morpholine rings is 1. The molecule has 0 aliphatic carbocycles. The normalized spacial score (nSPS) is 18.3. The number of rotatable bonds is 5. The van der Waals surface area contributed by atoms with Crippen molar-refractivity contribution in [2.45, 2.75) is 45.3 Å². The molecule has 8 nitrogen and oxygen atoms in total. The Morgan fingerprint density at radius 2 is 2.25 bits per heavy atom. The predicted octanol–water partition coefficient (Wildman–Crippen LogP) is 1.36. The van der Waals surface area contributed by atoms with Crippen molar-refractivity contribution in [2.24, 2.45) is 0 Å². The van der Waals surface area contributed by atoms with Gasteiger partial charge in [-0.15, -0.1) is 0 Å². The van der Waals surface area contributed by atoms with Crippen molar-refractivity contribution in [1.29, 1.82) is 0 Å². The topological polar surface area (TPSA) is 93.9 Å². The zero-order valence-corrected chi connectivity index (χ0v) is 14.4. The van der Waals surface area contributed by atoms with Gasteiger partial charge in [-0.3, -0.25) is 4.79 Å². The molecular weight excluding hydrogens is 314 g/mol. The van der Waals surface area contributed by atoms with Crippen molar-refractivity contribution in [2.75, 3.05) is 26.2 Å². The fraction of sp³-hybridized carbons (Fsp3) is 0.688. The smallest absolute Gasteiger partial charge is 0.410 e. The van der Waals surface area contributed by atoms with E-state index >= 15 is 0 Å². The van der Waals surface area contributed by atoms with Gasteiger partial charge in [0.05, 0.1) is 19.3 Å². The van der Waals surface area contributed by atoms with Crippen molar-refractivity contribution >= 4 is 12.0 Å². The van der Waals surface area contributed by atoms with Gasteiger partial charge in [-0.2, -0.15) is 0 Å². The summed E-state index contributed by atoms with van der Waals surface area (Å²) in [6, 6.07) is 0. The Kier molecular flexibility index (Phi) is 6.19. The van der Waals surface area contributed by atoms with E-state index in [4.69, 9.17) is 14.0 Å². The van der Waals surface area contributed by atoms with Crippen LogP contribution in [0, 0.1) is 0 Å². The zero-order valence-electron chi connectivity index (χ0n) is 14.4. The zero-order chi connectivity index (χ0) is 17.6. The molecule has 1 aromatic rings. The van der Waals surface area contributed by atoms with Gasteiger partial charge in [-0.1, -0.05) is 5.16 Å². The van der Waals surface area contributed by atoms with Gasteiger partial charge >= 0.3 is 6.09 Å². The predicted molar refractivity (Wildman–Crippen MR) is 85.4 cm³/mol. The molecular formula is C16H25N3O5. The molecule has 1 fully saturated rings. The second-order valence-electron chi connectivity index (χ2n) is 6.71. The van der Waals surface area contributed by atoms with Crippen molar-refractivity contribution < 1.29 is 23.6 Å². The third-order valence-electron chi connectivity index (χ3n) is 3.44. The number of hydrogen-bond donors (Lipinski definition) is 1. The van der Waals surface area contributed by atoms with Gasteiger partial charge in [-0.25, -0.2) is 4.79 Å². The number of ether oxygens (including phenoxy) is 2. The molecule has 0 radical (unpaired) electrons. The van der Waals surface area contributed by atoms with E-state index in [0.29, 0.717) is 19.7 Å². The molecule has 0 unspecified atom stereocenters. The summed E-state index contributed by atoms with van der Waals surface area (Å²) >= 11 is 0. The van der Waals surface area contributed by atoms with Gasteiger partial charge in [0.25, 0.3) is 5.91 Å². The first kappa shape index (κ1) is 18.3. The van der Waals surface area contributed by atoms with Gasteiger partial charge in [0.2, 0.25) is 0 Å². The molecule has 2 rings (SSSR count). The summed E-state index contributed by atoms with van der Waals surface area (Å²) in [6.07, 6.45) is 3.71. The first-order valence-electron chi connectivity index (χ1n) is 8.10. The van der Waals surface area contributed by atoms with E-state index in [1.165, 1.54) is 4.90 Å². The van der Waals surface area contributed by atoms with Crippen LogP contribution >= 0.6 is 0 Å². The summed E-state index contributed by atoms with van der Waals surface area (Å²) in [5, 5.41) is 6.46. The maximum Gasteiger partial charge on any atom is 0.410 e. The molecule has 24 heavy (non-hydrogen) atoms. The molecule has 2 amide bonds. The summed E-state index contributed by atoms with van der Waals surface area (Å²) < 4.78 is 15.5. The van der Waals surface area contributed by atoms with E-state index in [2.05, 4.69) is 10.5 Å². The quantitative estimate of drug-likeness (QED) is 0.814. The second-order valence-corrected chi connectivity index (χ2v) is 6.71. The third kappa shape index (κ3) is 5.84. The summed E-state index contributed by atoms with van der Waals surface area (Å²) in [7, 11) is 0. The lowest BCUT2D eigenvalue weighted by Crippen LogP contribution is -2.52. The van der Waals surface area contributed by atoms with Crippen LogP contribution in [-0.4, -0.2) is 60.0 Å². The molecule has 0 aromatic carbocycles. The number of amides is 2. The number of aromatic nitrogens is 1. The molecule has 1 atom stereocenters. The minimum absolute atomic E-state index is 0.201. The Balaban J connectivity index is 1.72. The molecule has 1 aromatic heterocycles. The van der Waals surface area contributed by atoms with Crippen LogP contribution in [0.25, 0.3) is 0 Å². The molecule has 0 saturated carbocycles. The molecule has 1 aliphatic heterocycles. The maximum absolute atomic E-state index is 12.2. The average Bonchev–Trinajstić information content (AvgIpc) is 3.03. The summed E-state index contributed by atoms with van der Waals surface area (Å²) in [5.74, 6) is -0.214. The highest BCUT2D eigenvalue weighted by Gasteiger charge is 2.31. The Morgan fingerprint density at radius 3 is 2.92 bits per heavy atom. The van der Waals surface area contributed by atoms with E-state index in [1.807, 2.05) is 20.8 Å². The number of hydrogen-bond acceptors (Lipinski definition) is 6. The van der Waals surface area contributed by atoms with Gasteiger partial charge < -0.3 is 24.2 Å². The highest BCUT2D eigenvalue weighted by atomic mass is 16.6. The molecule has 1 saturated heterocycles. The maximum atomic E-state index is 12.2. The van der Waals surface area contributed by atoms with Gasteiger partial charge in [0.15, 0.2) is 6.10 Å². The Bertz CT molecular complexity index is 538. The Morgan fingerprint density at radius 1 is 1.46 bits per heavy atom. The summed E-state index contributed by atoms with van der Waals surface area (Å²) in [4.78, 5) is 25.8. The lowest BCUT2D eigenvalue weighted by molar-refractivity contribution is -0.137. The molecule has 2 heterocycles. The van der Waals surface area contributed by atoms with Crippen molar-refractivity contribution in [3.8, 4) is 0 Å². The fourth-order valence-electron chi connectivity index (χ4n) is 2.27. The molecule has 1 aliphatic rings. The standard InChI is InChI=1S/C16H25N3O5/c1-16(2,3)24-15(21)19-7-8-22-13(10-19)14(20)17-6-4-5-12-9-18-23-11-12/h9,11,13H,4-8,10H2,1-3H3,(H,17,20)/t13-/m1/s1. The van der Waals surface area contributed by atoms with E-state index in [0.717, 1.165) is 18.4 Å². The Hall–Kier alpha value is -2.09. The van der Waals surface area contributed by atoms with E-state index in [1.54, 1.807) is 12.5 Å². The Labute approximate surface area is 141 Å². The summed E-state index contributed by atoms with van der Waals surface area (Å²) in [5.41, 5.74) is 0.434. The van der Waals surface area contributed by atoms with Crippen molar-refractivity contribution in [3.05, 3.63) is 18.0 Å². The molecule has 0 bridgehead atoms. The van der Waals surface area contributed by atoms with Crippen molar-refractivity contribution in [1.82, 2.24) is 15.4 Å². The van der Waals surface area contributed by atoms with Crippen LogP contribution in [-0.2, 0) is 20.7 Å². The lowest BCUT2D eigenvalue weighted by Gasteiger charge is -2.33. The van der Waals surface area contributed by atoms with Crippen LogP contribution in [0.15, 0.2) is 17.0 Å². The minimum atomic E-state index is -0.665. The molecule has 1 N–H and O–H groups in total. The molecule has 0 spiro atoms. The van der Waals surface area contributed by atoms with Crippen LogP contribution in [0.5, 0.6) is 0 Å². The van der Waals surface area contributed by atoms with Gasteiger partial charge in [0.1, 0.15) is 11.9 Å². The van der Waals surface area contributed by atoms with Gasteiger partial charge in [-0.05, 0) is 33.6 Å². The molecule has 8 heteroatoms. The van der Waals surface area contributed by atoms with E-state index in [9.17, 15) is 9.59 Å². The number of nitrogens with zero attached hydrogens (tertiary/aromatic N) is 2. The van der Waals surface area contributed by atoms with Crippen LogP contribution in [0.3, 0.4) is 0 Å². The highest BCUT2D eigenvalue weighted by molar-refractivity contribution is 5.82. The second kappa shape index (κ2) is 8.14. The first-order chi connectivity index (χ1) is 11.3. The third-order valence-corrected chi connectivity index (χ3v) is 3.44. The number of carbonyl (C=O) groups is 2. The summed E-state index contributed by atoms with van der Waals surface area (Å²) in [6.45, 7) is 6.90. The number of aryl methyl sites for hydroxylation is 1. The van der Waals surface area contributed by atoms with E-state index in [-0.39, 0.29) is 12.5 Å². The highest BCUT2D eigenvalue weighted by Crippen LogP contribution is 2.13. The van der Waals surface area contributed by atoms with Crippen LogP contribution in [0.1, 0.15) is 32.8 Å². The van der Waals surface area contributed by atoms with E-state index < -0.39 is 17.8 Å². The number of nitrogens with one attached hydrogen (secondary N) is 1. The minimum Gasteiger partial charge on any atom is -0.444 e.